The molecule has 7 heteroatoms. The highest BCUT2D eigenvalue weighted by molar-refractivity contribution is 7.11. The van der Waals surface area contributed by atoms with Crippen molar-refractivity contribution in [2.45, 2.75) is 26.7 Å². The second kappa shape index (κ2) is 5.90. The fraction of sp³-hybridized carbons (Fsp3) is 0.571. The minimum atomic E-state index is 0.270. The summed E-state index contributed by atoms with van der Waals surface area (Å²) in [6.45, 7) is 6.91. The molecule has 1 saturated heterocycles. The molecule has 21 heavy (non-hydrogen) atoms. The molecule has 3 N–H and O–H groups in total. The van der Waals surface area contributed by atoms with Crippen molar-refractivity contribution in [3.05, 3.63) is 10.4 Å². The van der Waals surface area contributed by atoms with Crippen molar-refractivity contribution in [3.8, 4) is 11.3 Å². The van der Waals surface area contributed by atoms with Crippen LogP contribution in [0.25, 0.3) is 11.3 Å². The van der Waals surface area contributed by atoms with Gasteiger partial charge in [-0.3, -0.25) is 0 Å². The lowest BCUT2D eigenvalue weighted by molar-refractivity contribution is 0.0300. The molecule has 1 aliphatic rings. The number of thiazole rings is 1. The van der Waals surface area contributed by atoms with Gasteiger partial charge in [0.1, 0.15) is 10.8 Å². The number of nitrogens with one attached hydrogen (secondary N) is 1. The average Bonchev–Trinajstić information content (AvgIpc) is 3.03. The molecule has 0 unspecified atom stereocenters. The van der Waals surface area contributed by atoms with Crippen LogP contribution in [0.5, 0.6) is 0 Å². The highest BCUT2D eigenvalue weighted by Gasteiger charge is 2.28. The first-order valence-corrected chi connectivity index (χ1v) is 8.72. The van der Waals surface area contributed by atoms with E-state index in [2.05, 4.69) is 21.6 Å². The van der Waals surface area contributed by atoms with Gasteiger partial charge in [-0.1, -0.05) is 6.92 Å². The van der Waals surface area contributed by atoms with Crippen molar-refractivity contribution < 1.29 is 4.74 Å². The molecule has 2 aromatic rings. The Bertz CT molecular complexity index is 616. The lowest BCUT2D eigenvalue weighted by Crippen LogP contribution is -2.33. The summed E-state index contributed by atoms with van der Waals surface area (Å²) in [6, 6.07) is 0. The van der Waals surface area contributed by atoms with Gasteiger partial charge >= 0.3 is 0 Å². The van der Waals surface area contributed by atoms with Crippen molar-refractivity contribution in [1.29, 1.82) is 0 Å². The van der Waals surface area contributed by atoms with Gasteiger partial charge in [0.05, 0.1) is 16.3 Å². The van der Waals surface area contributed by atoms with E-state index in [1.807, 2.05) is 12.3 Å². The number of anilines is 2. The first kappa shape index (κ1) is 14.7. The van der Waals surface area contributed by atoms with Gasteiger partial charge in [-0.15, -0.1) is 11.3 Å². The third-order valence-corrected chi connectivity index (χ3v) is 5.56. The van der Waals surface area contributed by atoms with E-state index in [1.54, 1.807) is 11.3 Å². The number of aryl methyl sites for hydroxylation is 1. The van der Waals surface area contributed by atoms with Gasteiger partial charge in [0.25, 0.3) is 0 Å². The summed E-state index contributed by atoms with van der Waals surface area (Å²) in [6.07, 6.45) is 2.17. The maximum Gasteiger partial charge on any atom is 0.148 e. The zero-order valence-electron chi connectivity index (χ0n) is 12.3. The van der Waals surface area contributed by atoms with Crippen LogP contribution in [0.1, 0.15) is 24.8 Å². The van der Waals surface area contributed by atoms with Crippen LogP contribution in [0.3, 0.4) is 0 Å². The maximum absolute atomic E-state index is 6.03. The molecule has 0 atom stereocenters. The summed E-state index contributed by atoms with van der Waals surface area (Å²) in [5.74, 6) is 0.560. The number of hydrogen-bond acceptors (Lipinski definition) is 7. The lowest BCUT2D eigenvalue weighted by Gasteiger charge is -2.33. The predicted molar refractivity (Wildman–Crippen MR) is 89.0 cm³/mol. The molecule has 114 valence electrons. The number of aromatic nitrogens is 2. The fourth-order valence-corrected chi connectivity index (χ4v) is 3.81. The van der Waals surface area contributed by atoms with Gasteiger partial charge in [-0.05, 0) is 36.7 Å². The van der Waals surface area contributed by atoms with E-state index in [9.17, 15) is 0 Å². The van der Waals surface area contributed by atoms with E-state index in [1.165, 1.54) is 11.5 Å². The Kier molecular flexibility index (Phi) is 4.14. The van der Waals surface area contributed by atoms with Crippen molar-refractivity contribution >= 4 is 33.7 Å². The SMILES string of the molecule is Cc1nc(-c2c(N)nsc2NCC2(C)CCOCC2)cs1. The standard InChI is InChI=1S/C14H20N4OS2/c1-9-17-10(7-20-9)11-12(15)18-21-13(11)16-8-14(2)3-5-19-6-4-14/h7,16H,3-6,8H2,1-2H3,(H2,15,18). The molecule has 3 heterocycles. The first-order chi connectivity index (χ1) is 10.1. The van der Waals surface area contributed by atoms with Crippen molar-refractivity contribution in [2.24, 2.45) is 5.41 Å². The zero-order valence-corrected chi connectivity index (χ0v) is 13.9. The van der Waals surface area contributed by atoms with Gasteiger partial charge in [0.15, 0.2) is 0 Å². The molecule has 0 aliphatic carbocycles. The van der Waals surface area contributed by atoms with E-state index in [0.717, 1.165) is 53.9 Å². The molecule has 3 rings (SSSR count). The minimum Gasteiger partial charge on any atom is -0.382 e. The maximum atomic E-state index is 6.03. The second-order valence-electron chi connectivity index (χ2n) is 5.80. The van der Waals surface area contributed by atoms with Gasteiger partial charge in [0, 0.05) is 25.1 Å². The van der Waals surface area contributed by atoms with Crippen LogP contribution in [-0.2, 0) is 4.74 Å². The molecular formula is C14H20N4OS2. The van der Waals surface area contributed by atoms with Crippen LogP contribution < -0.4 is 11.1 Å². The molecular weight excluding hydrogens is 304 g/mol. The Morgan fingerprint density at radius 2 is 2.19 bits per heavy atom. The number of hydrogen-bond donors (Lipinski definition) is 2. The number of nitrogen functional groups attached to an aromatic ring is 1. The van der Waals surface area contributed by atoms with Crippen molar-refractivity contribution in [1.82, 2.24) is 9.36 Å². The van der Waals surface area contributed by atoms with E-state index < -0.39 is 0 Å². The zero-order chi connectivity index (χ0) is 14.9. The quantitative estimate of drug-likeness (QED) is 0.902. The molecule has 1 fully saturated rings. The third-order valence-electron chi connectivity index (χ3n) is 3.97. The van der Waals surface area contributed by atoms with Gasteiger partial charge < -0.3 is 15.8 Å². The van der Waals surface area contributed by atoms with Gasteiger partial charge in [0.2, 0.25) is 0 Å². The molecule has 0 radical (unpaired) electrons. The van der Waals surface area contributed by atoms with Crippen LogP contribution in [-0.4, -0.2) is 29.1 Å². The number of nitrogens with zero attached hydrogens (tertiary/aromatic N) is 2. The Morgan fingerprint density at radius 3 is 2.86 bits per heavy atom. The molecule has 0 aromatic carbocycles. The van der Waals surface area contributed by atoms with Crippen LogP contribution in [0.4, 0.5) is 10.8 Å². The Morgan fingerprint density at radius 1 is 1.43 bits per heavy atom. The van der Waals surface area contributed by atoms with E-state index in [4.69, 9.17) is 10.5 Å². The predicted octanol–water partition coefficient (Wildman–Crippen LogP) is 3.39. The largest absolute Gasteiger partial charge is 0.382 e. The molecule has 0 saturated carbocycles. The van der Waals surface area contributed by atoms with Crippen LogP contribution >= 0.6 is 22.9 Å². The lowest BCUT2D eigenvalue weighted by atomic mass is 9.82. The molecule has 2 aromatic heterocycles. The van der Waals surface area contributed by atoms with Crippen LogP contribution in [0, 0.1) is 12.3 Å². The Balaban J connectivity index is 1.77. The summed E-state index contributed by atoms with van der Waals surface area (Å²) in [4.78, 5) is 4.53. The molecule has 1 aliphatic heterocycles. The van der Waals surface area contributed by atoms with E-state index in [0.29, 0.717) is 5.82 Å². The third kappa shape index (κ3) is 3.20. The van der Waals surface area contributed by atoms with Crippen molar-refractivity contribution in [3.63, 3.8) is 0 Å². The molecule has 0 bridgehead atoms. The average molecular weight is 324 g/mol. The highest BCUT2D eigenvalue weighted by atomic mass is 32.1. The van der Waals surface area contributed by atoms with E-state index in [-0.39, 0.29) is 5.41 Å². The van der Waals surface area contributed by atoms with E-state index >= 15 is 0 Å². The first-order valence-electron chi connectivity index (χ1n) is 7.07. The summed E-state index contributed by atoms with van der Waals surface area (Å²) in [5.41, 5.74) is 8.16. The van der Waals surface area contributed by atoms with Crippen LogP contribution in [0.15, 0.2) is 5.38 Å². The molecule has 5 nitrogen and oxygen atoms in total. The number of rotatable bonds is 4. The summed E-state index contributed by atoms with van der Waals surface area (Å²) < 4.78 is 9.74. The fourth-order valence-electron chi connectivity index (χ4n) is 2.48. The smallest absolute Gasteiger partial charge is 0.148 e. The monoisotopic (exact) mass is 324 g/mol. The molecule has 0 spiro atoms. The summed E-state index contributed by atoms with van der Waals surface area (Å²) >= 11 is 3.05. The van der Waals surface area contributed by atoms with Gasteiger partial charge in [-0.2, -0.15) is 4.37 Å². The van der Waals surface area contributed by atoms with Gasteiger partial charge in [-0.25, -0.2) is 4.98 Å². The molecule has 0 amide bonds. The number of nitrogens with two attached hydrogens (primary N) is 1. The van der Waals surface area contributed by atoms with Crippen molar-refractivity contribution in [2.75, 3.05) is 30.8 Å². The second-order valence-corrected chi connectivity index (χ2v) is 7.64. The normalized spacial score (nSPS) is 17.8. The Labute approximate surface area is 132 Å². The Hall–Kier alpha value is -1.18. The topological polar surface area (TPSA) is 73.1 Å². The van der Waals surface area contributed by atoms with Crippen LogP contribution in [0.2, 0.25) is 0 Å². The number of ether oxygens (including phenoxy) is 1. The highest BCUT2D eigenvalue weighted by Crippen LogP contribution is 2.38. The minimum absolute atomic E-state index is 0.270. The summed E-state index contributed by atoms with van der Waals surface area (Å²) in [5, 5.41) is 7.63. The summed E-state index contributed by atoms with van der Waals surface area (Å²) in [7, 11) is 0.